The van der Waals surface area contributed by atoms with Crippen molar-refractivity contribution >= 4 is 28.0 Å². The summed E-state index contributed by atoms with van der Waals surface area (Å²) in [4.78, 5) is 11.1. The Kier molecular flexibility index (Phi) is 6.63. The smallest absolute Gasteiger partial charge is 0.395 e. The van der Waals surface area contributed by atoms with Crippen molar-refractivity contribution < 1.29 is 34.8 Å². The number of nitrogens with two attached hydrogens (primary N) is 1. The van der Waals surface area contributed by atoms with Crippen LogP contribution in [0.15, 0.2) is 70.3 Å². The molecule has 0 spiro atoms. The van der Waals surface area contributed by atoms with E-state index in [1.165, 1.54) is 24.3 Å². The predicted octanol–water partition coefficient (Wildman–Crippen LogP) is 3.59. The molecular formula is C18H13F6N7O2S. The summed E-state index contributed by atoms with van der Waals surface area (Å²) in [6.07, 6.45) is -7.63. The molecule has 3 rings (SSSR count). The highest BCUT2D eigenvalue weighted by atomic mass is 32.2. The first-order valence-corrected chi connectivity index (χ1v) is 10.4. The van der Waals surface area contributed by atoms with Gasteiger partial charge in [0.25, 0.3) is 10.0 Å². The van der Waals surface area contributed by atoms with Crippen LogP contribution in [0, 0.1) is 0 Å². The third-order valence-corrected chi connectivity index (χ3v) is 5.22. The minimum absolute atomic E-state index is 0.173. The molecule has 3 aromatic rings. The quantitative estimate of drug-likeness (QED) is 0.389. The Bertz CT molecular complexity index is 1330. The molecule has 0 aliphatic rings. The summed E-state index contributed by atoms with van der Waals surface area (Å²) in [6, 6.07) is 8.60. The summed E-state index contributed by atoms with van der Waals surface area (Å²) in [5, 5.41) is 3.32. The zero-order valence-corrected chi connectivity index (χ0v) is 17.4. The molecule has 0 fully saturated rings. The number of nitrogens with zero attached hydrogens (tertiary/aromatic N) is 5. The number of rotatable bonds is 6. The second-order valence-corrected chi connectivity index (χ2v) is 8.05. The van der Waals surface area contributed by atoms with Gasteiger partial charge < -0.3 is 5.73 Å². The van der Waals surface area contributed by atoms with Crippen molar-refractivity contribution in [1.29, 1.82) is 0 Å². The summed E-state index contributed by atoms with van der Waals surface area (Å²) < 4.78 is 104. The number of anilines is 1. The lowest BCUT2D eigenvalue weighted by molar-refractivity contribution is -0.141. The lowest BCUT2D eigenvalue weighted by Gasteiger charge is -2.09. The van der Waals surface area contributed by atoms with Crippen LogP contribution in [0.3, 0.4) is 0 Å². The Labute approximate surface area is 187 Å². The number of benzene rings is 1. The molecule has 2 heterocycles. The molecule has 0 aliphatic carbocycles. The van der Waals surface area contributed by atoms with Crippen molar-refractivity contribution in [2.45, 2.75) is 17.2 Å². The Balaban J connectivity index is 2.04. The van der Waals surface area contributed by atoms with Crippen molar-refractivity contribution in [2.75, 3.05) is 4.72 Å². The van der Waals surface area contributed by atoms with Crippen molar-refractivity contribution in [3.8, 4) is 5.82 Å². The molecular weight excluding hydrogens is 492 g/mol. The minimum Gasteiger partial charge on any atom is -0.395 e. The van der Waals surface area contributed by atoms with E-state index in [-0.39, 0.29) is 10.7 Å². The second-order valence-electron chi connectivity index (χ2n) is 6.37. The van der Waals surface area contributed by atoms with Gasteiger partial charge in [0.1, 0.15) is 5.70 Å². The molecule has 16 heteroatoms. The maximum absolute atomic E-state index is 12.9. The molecule has 0 radical (unpaired) electrons. The summed E-state index contributed by atoms with van der Waals surface area (Å²) in [6.45, 7) is 0. The van der Waals surface area contributed by atoms with E-state index in [2.05, 4.69) is 20.1 Å². The Morgan fingerprint density at radius 1 is 1.06 bits per heavy atom. The monoisotopic (exact) mass is 505 g/mol. The van der Waals surface area contributed by atoms with E-state index in [0.29, 0.717) is 23.0 Å². The van der Waals surface area contributed by atoms with Gasteiger partial charge in [-0.25, -0.2) is 22.8 Å². The zero-order chi connectivity index (χ0) is 25.1. The molecule has 180 valence electrons. The van der Waals surface area contributed by atoms with Crippen LogP contribution in [-0.2, 0) is 16.2 Å². The van der Waals surface area contributed by atoms with Crippen LogP contribution in [0.2, 0.25) is 0 Å². The van der Waals surface area contributed by atoms with Gasteiger partial charge in [-0.2, -0.15) is 41.4 Å². The summed E-state index contributed by atoms with van der Waals surface area (Å²) in [5.74, 6) is -1.37. The first-order valence-electron chi connectivity index (χ1n) is 8.93. The van der Waals surface area contributed by atoms with E-state index in [1.54, 1.807) is 6.07 Å². The topological polar surface area (TPSA) is 128 Å². The molecule has 0 saturated heterocycles. The largest absolute Gasteiger partial charge is 0.435 e. The van der Waals surface area contributed by atoms with Gasteiger partial charge in [-0.1, -0.05) is 18.2 Å². The van der Waals surface area contributed by atoms with Crippen LogP contribution in [0.4, 0.5) is 38.1 Å². The number of sulfonamides is 1. The Morgan fingerprint density at radius 3 is 2.32 bits per heavy atom. The number of alkyl halides is 6. The molecule has 1 aromatic carbocycles. The molecule has 0 saturated carbocycles. The number of aliphatic imine (C=N–C) groups is 1. The summed E-state index contributed by atoms with van der Waals surface area (Å²) >= 11 is 0. The van der Waals surface area contributed by atoms with E-state index in [9.17, 15) is 34.8 Å². The number of aromatic nitrogens is 4. The Hall–Kier alpha value is -3.95. The lowest BCUT2D eigenvalue weighted by Crippen LogP contribution is -2.19. The third kappa shape index (κ3) is 6.09. The maximum Gasteiger partial charge on any atom is 0.435 e. The van der Waals surface area contributed by atoms with Crippen LogP contribution in [0.1, 0.15) is 5.69 Å². The molecule has 0 aliphatic heterocycles. The van der Waals surface area contributed by atoms with Crippen molar-refractivity contribution in [2.24, 2.45) is 10.7 Å². The van der Waals surface area contributed by atoms with Gasteiger partial charge in [0, 0.05) is 18.5 Å². The van der Waals surface area contributed by atoms with Gasteiger partial charge in [-0.05, 0) is 24.3 Å². The molecule has 34 heavy (non-hydrogen) atoms. The number of nitrogens with one attached hydrogen (secondary N) is 1. The molecule has 0 atom stereocenters. The summed E-state index contributed by atoms with van der Waals surface area (Å²) in [5.41, 5.74) is 2.12. The first-order chi connectivity index (χ1) is 15.8. The van der Waals surface area contributed by atoms with Crippen LogP contribution in [0.25, 0.3) is 5.82 Å². The van der Waals surface area contributed by atoms with Crippen LogP contribution >= 0.6 is 0 Å². The molecule has 2 aromatic heterocycles. The normalized spacial score (nSPS) is 13.4. The van der Waals surface area contributed by atoms with E-state index in [1.807, 2.05) is 4.72 Å². The van der Waals surface area contributed by atoms with E-state index in [4.69, 9.17) is 5.73 Å². The number of halogens is 6. The molecule has 9 nitrogen and oxygen atoms in total. The minimum atomic E-state index is -4.82. The van der Waals surface area contributed by atoms with Gasteiger partial charge in [-0.15, -0.1) is 0 Å². The third-order valence-electron chi connectivity index (χ3n) is 3.88. The fraction of sp³-hybridized carbons (Fsp3) is 0.111. The number of hydrogen-bond acceptors (Lipinski definition) is 7. The highest BCUT2D eigenvalue weighted by molar-refractivity contribution is 7.92. The van der Waals surface area contributed by atoms with Crippen molar-refractivity contribution in [3.05, 3.63) is 66.1 Å². The van der Waals surface area contributed by atoms with E-state index < -0.39 is 45.5 Å². The van der Waals surface area contributed by atoms with Crippen LogP contribution < -0.4 is 10.5 Å². The van der Waals surface area contributed by atoms with Gasteiger partial charge in [0.15, 0.2) is 17.3 Å². The predicted molar refractivity (Wildman–Crippen MR) is 108 cm³/mol. The number of allylic oxidation sites excluding steroid dienone is 2. The fourth-order valence-electron chi connectivity index (χ4n) is 2.32. The van der Waals surface area contributed by atoms with Crippen LogP contribution in [-0.4, -0.2) is 40.6 Å². The number of hydrogen-bond donors (Lipinski definition) is 2. The van der Waals surface area contributed by atoms with Gasteiger partial charge in [0.2, 0.25) is 5.95 Å². The zero-order valence-electron chi connectivity index (χ0n) is 16.6. The first kappa shape index (κ1) is 24.7. The van der Waals surface area contributed by atoms with Gasteiger partial charge >= 0.3 is 12.4 Å². The van der Waals surface area contributed by atoms with Gasteiger partial charge in [0.05, 0.1) is 4.90 Å². The molecule has 0 unspecified atom stereocenters. The van der Waals surface area contributed by atoms with Crippen molar-refractivity contribution in [3.63, 3.8) is 0 Å². The molecule has 0 bridgehead atoms. The SMILES string of the molecule is NC(=CC=Nc1cc(-n2ccc(C(F)(F)F)n2)nc(NS(=O)(=O)c2ccccc2)n1)C(F)(F)F. The summed E-state index contributed by atoms with van der Waals surface area (Å²) in [7, 11) is -4.22. The average Bonchev–Trinajstić information content (AvgIpc) is 3.24. The fourth-order valence-corrected chi connectivity index (χ4v) is 3.29. The van der Waals surface area contributed by atoms with E-state index >= 15 is 0 Å². The highest BCUT2D eigenvalue weighted by Gasteiger charge is 2.34. The second kappa shape index (κ2) is 9.12. The van der Waals surface area contributed by atoms with E-state index in [0.717, 1.165) is 12.3 Å². The van der Waals surface area contributed by atoms with Crippen LogP contribution in [0.5, 0.6) is 0 Å². The molecule has 3 N–H and O–H groups in total. The average molecular weight is 505 g/mol. The van der Waals surface area contributed by atoms with Gasteiger partial charge in [-0.3, -0.25) is 0 Å². The molecule has 0 amide bonds. The maximum atomic E-state index is 12.9. The Morgan fingerprint density at radius 2 is 1.74 bits per heavy atom. The lowest BCUT2D eigenvalue weighted by atomic mass is 10.4. The highest BCUT2D eigenvalue weighted by Crippen LogP contribution is 2.28. The standard InChI is InChI=1S/C18H13F6N7O2S/c19-17(20,21)12(25)6-8-26-14-10-15(31-9-7-13(29-31)18(22,23)24)28-16(27-14)30-34(32,33)11-4-2-1-3-5-11/h1-10H,25H2,(H,27,28,30). The van der Waals surface area contributed by atoms with Crippen molar-refractivity contribution in [1.82, 2.24) is 19.7 Å².